The van der Waals surface area contributed by atoms with E-state index in [-0.39, 0.29) is 6.42 Å². The highest BCUT2D eigenvalue weighted by Crippen LogP contribution is 2.21. The first-order chi connectivity index (χ1) is 7.88. The number of aromatic nitrogens is 1. The van der Waals surface area contributed by atoms with Crippen molar-refractivity contribution in [2.24, 2.45) is 0 Å². The lowest BCUT2D eigenvalue weighted by Gasteiger charge is -2.26. The molecule has 1 aromatic rings. The molecule has 7 heteroatoms. The Balaban J connectivity index is 3.06. The van der Waals surface area contributed by atoms with Gasteiger partial charge in [0.2, 0.25) is 0 Å². The molecule has 0 saturated carbocycles. The van der Waals surface area contributed by atoms with Crippen LogP contribution in [0.5, 0.6) is 0 Å². The van der Waals surface area contributed by atoms with E-state index in [9.17, 15) is 9.59 Å². The third-order valence-corrected chi connectivity index (χ3v) is 2.68. The molecule has 6 nitrogen and oxygen atoms in total. The van der Waals surface area contributed by atoms with Gasteiger partial charge in [-0.3, -0.25) is 0 Å². The van der Waals surface area contributed by atoms with Crippen molar-refractivity contribution in [1.29, 1.82) is 0 Å². The van der Waals surface area contributed by atoms with Crippen LogP contribution in [-0.4, -0.2) is 38.8 Å². The van der Waals surface area contributed by atoms with Gasteiger partial charge in [0.05, 0.1) is 17.3 Å². The van der Waals surface area contributed by atoms with Gasteiger partial charge < -0.3 is 14.9 Å². The van der Waals surface area contributed by atoms with E-state index in [1.54, 1.807) is 19.2 Å². The number of carboxylic acids is 2. The summed E-state index contributed by atoms with van der Waals surface area (Å²) in [5.74, 6) is -3.04. The largest absolute Gasteiger partial charge is 0.479 e. The van der Waals surface area contributed by atoms with E-state index in [0.717, 1.165) is 0 Å². The standard InChI is InChI=1S/C10H13NO5S/c1-6(2)16-10(8(12)13,9(14)15)3-7-4-17-5-11-7/h4-6H,3H2,1-2H3,(H,12,13)(H,14,15). The van der Waals surface area contributed by atoms with Crippen molar-refractivity contribution in [3.63, 3.8) is 0 Å². The molecule has 0 aromatic carbocycles. The van der Waals surface area contributed by atoms with Gasteiger partial charge >= 0.3 is 11.9 Å². The van der Waals surface area contributed by atoms with E-state index in [1.165, 1.54) is 16.8 Å². The second kappa shape index (κ2) is 5.24. The molecule has 0 aliphatic heterocycles. The smallest absolute Gasteiger partial charge is 0.348 e. The SMILES string of the molecule is CC(C)OC(Cc1cscn1)(C(=O)O)C(=O)O. The Labute approximate surface area is 102 Å². The molecular formula is C10H13NO5S. The first kappa shape index (κ1) is 13.6. The number of carboxylic acid groups (broad SMARTS) is 2. The summed E-state index contributed by atoms with van der Waals surface area (Å²) >= 11 is 1.27. The molecule has 94 valence electrons. The maximum atomic E-state index is 11.2. The van der Waals surface area contributed by atoms with Gasteiger partial charge in [-0.05, 0) is 13.8 Å². The summed E-state index contributed by atoms with van der Waals surface area (Å²) in [4.78, 5) is 26.3. The van der Waals surface area contributed by atoms with Crippen LogP contribution in [-0.2, 0) is 20.7 Å². The zero-order valence-electron chi connectivity index (χ0n) is 9.41. The molecule has 0 fully saturated rings. The molecule has 0 aliphatic carbocycles. The highest BCUT2D eigenvalue weighted by Gasteiger charge is 2.49. The maximum Gasteiger partial charge on any atom is 0.348 e. The number of thiazole rings is 1. The summed E-state index contributed by atoms with van der Waals surface area (Å²) in [5, 5.41) is 19.8. The molecule has 1 rings (SSSR count). The Morgan fingerprint density at radius 1 is 1.47 bits per heavy atom. The lowest BCUT2D eigenvalue weighted by molar-refractivity contribution is -0.188. The average molecular weight is 259 g/mol. The molecule has 0 saturated heterocycles. The zero-order chi connectivity index (χ0) is 13.1. The van der Waals surface area contributed by atoms with Crippen molar-refractivity contribution in [1.82, 2.24) is 4.98 Å². The molecule has 0 spiro atoms. The predicted molar refractivity (Wildman–Crippen MR) is 60.0 cm³/mol. The first-order valence-corrected chi connectivity index (χ1v) is 5.84. The number of ether oxygens (including phenoxy) is 1. The van der Waals surface area contributed by atoms with Gasteiger partial charge in [-0.2, -0.15) is 0 Å². The molecule has 2 N–H and O–H groups in total. The van der Waals surface area contributed by atoms with E-state index in [2.05, 4.69) is 4.98 Å². The van der Waals surface area contributed by atoms with E-state index in [0.29, 0.717) is 5.69 Å². The molecule has 17 heavy (non-hydrogen) atoms. The summed E-state index contributed by atoms with van der Waals surface area (Å²) in [6.07, 6.45) is -0.805. The maximum absolute atomic E-state index is 11.2. The Kier molecular flexibility index (Phi) is 4.19. The minimum absolute atomic E-state index is 0.292. The molecule has 1 heterocycles. The third kappa shape index (κ3) is 3.01. The molecule has 1 aromatic heterocycles. The monoisotopic (exact) mass is 259 g/mol. The topological polar surface area (TPSA) is 96.7 Å². The Bertz CT molecular complexity index is 387. The normalized spacial score (nSPS) is 11.7. The molecule has 0 bridgehead atoms. The lowest BCUT2D eigenvalue weighted by atomic mass is 9.97. The number of hydrogen-bond donors (Lipinski definition) is 2. The van der Waals surface area contributed by atoms with Gasteiger partial charge in [0.1, 0.15) is 0 Å². The van der Waals surface area contributed by atoms with E-state index in [1.807, 2.05) is 0 Å². The van der Waals surface area contributed by atoms with Crippen LogP contribution in [0.2, 0.25) is 0 Å². The van der Waals surface area contributed by atoms with Gasteiger partial charge in [0.25, 0.3) is 5.60 Å². The number of nitrogens with zero attached hydrogens (tertiary/aromatic N) is 1. The molecule has 0 unspecified atom stereocenters. The van der Waals surface area contributed by atoms with Crippen molar-refractivity contribution >= 4 is 23.3 Å². The number of aliphatic carboxylic acids is 2. The minimum Gasteiger partial charge on any atom is -0.479 e. The van der Waals surface area contributed by atoms with Gasteiger partial charge in [-0.15, -0.1) is 11.3 Å². The molecule has 0 atom stereocenters. The van der Waals surface area contributed by atoms with Crippen LogP contribution in [0.4, 0.5) is 0 Å². The minimum atomic E-state index is -2.28. The molecule has 0 aliphatic rings. The average Bonchev–Trinajstić information content (AvgIpc) is 2.67. The van der Waals surface area contributed by atoms with Crippen molar-refractivity contribution in [2.75, 3.05) is 0 Å². The van der Waals surface area contributed by atoms with Crippen LogP contribution in [0.3, 0.4) is 0 Å². The summed E-state index contributed by atoms with van der Waals surface area (Å²) in [5.41, 5.74) is -0.373. The van der Waals surface area contributed by atoms with E-state index >= 15 is 0 Å². The summed E-state index contributed by atoms with van der Waals surface area (Å²) < 4.78 is 5.10. The van der Waals surface area contributed by atoms with Crippen LogP contribution >= 0.6 is 11.3 Å². The molecule has 0 amide bonds. The summed E-state index contributed by atoms with van der Waals surface area (Å²) in [6.45, 7) is 3.17. The van der Waals surface area contributed by atoms with E-state index < -0.39 is 23.6 Å². The van der Waals surface area contributed by atoms with Crippen LogP contribution in [0, 0.1) is 0 Å². The van der Waals surface area contributed by atoms with Crippen LogP contribution < -0.4 is 0 Å². The van der Waals surface area contributed by atoms with Crippen molar-refractivity contribution < 1.29 is 24.5 Å². The molecular weight excluding hydrogens is 246 g/mol. The van der Waals surface area contributed by atoms with Gasteiger partial charge in [-0.1, -0.05) is 0 Å². The zero-order valence-corrected chi connectivity index (χ0v) is 10.2. The Hall–Kier alpha value is -1.47. The Morgan fingerprint density at radius 2 is 2.06 bits per heavy atom. The number of hydrogen-bond acceptors (Lipinski definition) is 5. The van der Waals surface area contributed by atoms with Crippen molar-refractivity contribution in [3.05, 3.63) is 16.6 Å². The molecule has 0 radical (unpaired) electrons. The quantitative estimate of drug-likeness (QED) is 0.740. The predicted octanol–water partition coefficient (Wildman–Crippen LogP) is 1.02. The van der Waals surface area contributed by atoms with Crippen LogP contribution in [0.25, 0.3) is 0 Å². The van der Waals surface area contributed by atoms with E-state index in [4.69, 9.17) is 14.9 Å². The van der Waals surface area contributed by atoms with Crippen molar-refractivity contribution in [3.8, 4) is 0 Å². The first-order valence-electron chi connectivity index (χ1n) is 4.90. The van der Waals surface area contributed by atoms with Crippen LogP contribution in [0.1, 0.15) is 19.5 Å². The Morgan fingerprint density at radius 3 is 2.41 bits per heavy atom. The fourth-order valence-corrected chi connectivity index (χ4v) is 1.93. The summed E-state index contributed by atoms with van der Waals surface area (Å²) in [7, 11) is 0. The highest BCUT2D eigenvalue weighted by molar-refractivity contribution is 7.07. The number of rotatable bonds is 6. The fraction of sp³-hybridized carbons (Fsp3) is 0.500. The van der Waals surface area contributed by atoms with Crippen LogP contribution in [0.15, 0.2) is 10.9 Å². The van der Waals surface area contributed by atoms with Gasteiger partial charge in [0, 0.05) is 11.8 Å². The second-order valence-electron chi connectivity index (χ2n) is 3.76. The van der Waals surface area contributed by atoms with Gasteiger partial charge in [0.15, 0.2) is 0 Å². The number of carbonyl (C=O) groups is 2. The third-order valence-electron chi connectivity index (χ3n) is 2.04. The lowest BCUT2D eigenvalue weighted by Crippen LogP contribution is -2.52. The van der Waals surface area contributed by atoms with Crippen molar-refractivity contribution in [2.45, 2.75) is 32.0 Å². The van der Waals surface area contributed by atoms with Gasteiger partial charge in [-0.25, -0.2) is 14.6 Å². The fourth-order valence-electron chi connectivity index (χ4n) is 1.37. The second-order valence-corrected chi connectivity index (χ2v) is 4.48. The summed E-state index contributed by atoms with van der Waals surface area (Å²) in [6, 6.07) is 0. The highest BCUT2D eigenvalue weighted by atomic mass is 32.1.